The van der Waals surface area contributed by atoms with Gasteiger partial charge in [0.05, 0.1) is 47.0 Å². The van der Waals surface area contributed by atoms with Gasteiger partial charge in [-0.15, -0.1) is 5.10 Å². The number of halogens is 1. The van der Waals surface area contributed by atoms with Gasteiger partial charge in [-0.05, 0) is 72.8 Å². The van der Waals surface area contributed by atoms with Crippen LogP contribution in [0, 0.1) is 11.3 Å². The first-order valence-electron chi connectivity index (χ1n) is 22.9. The van der Waals surface area contributed by atoms with Gasteiger partial charge in [-0.2, -0.15) is 15.2 Å². The zero-order chi connectivity index (χ0) is 48.3. The number of nitrogens with one attached hydrogen (secondary N) is 1. The third kappa shape index (κ3) is 9.60. The maximum absolute atomic E-state index is 13.1. The molecule has 4 N–H and O–H groups in total. The Hall–Kier alpha value is -7.62. The van der Waals surface area contributed by atoms with E-state index in [-0.39, 0.29) is 66.9 Å². The monoisotopic (exact) mass is 953 g/mol. The second-order valence-corrected chi connectivity index (χ2v) is 17.8. The zero-order valence-electron chi connectivity index (χ0n) is 38.3. The lowest BCUT2D eigenvalue weighted by Crippen LogP contribution is -2.55. The van der Waals surface area contributed by atoms with Crippen molar-refractivity contribution in [3.8, 4) is 46.7 Å². The predicted octanol–water partition coefficient (Wildman–Crippen LogP) is 6.27. The number of likely N-dealkylation sites (N-methyl/N-ethyl adjacent to an activating group) is 1. The van der Waals surface area contributed by atoms with Gasteiger partial charge in [0.25, 0.3) is 0 Å². The van der Waals surface area contributed by atoms with Crippen molar-refractivity contribution < 1.29 is 34.4 Å². The average molecular weight is 954 g/mol. The average Bonchev–Trinajstić information content (AvgIpc) is 3.91. The van der Waals surface area contributed by atoms with E-state index >= 15 is 0 Å². The maximum atomic E-state index is 13.1. The predicted molar refractivity (Wildman–Crippen MR) is 259 cm³/mol. The molecule has 69 heavy (non-hydrogen) atoms. The summed E-state index contributed by atoms with van der Waals surface area (Å²) >= 11 is 6.78. The lowest BCUT2D eigenvalue weighted by Gasteiger charge is -2.42. The van der Waals surface area contributed by atoms with Gasteiger partial charge in [-0.25, -0.2) is 9.36 Å². The highest BCUT2D eigenvalue weighted by Gasteiger charge is 2.36. The van der Waals surface area contributed by atoms with Crippen molar-refractivity contribution in [3.05, 3.63) is 113 Å². The summed E-state index contributed by atoms with van der Waals surface area (Å²) in [5, 5.41) is 54.5. The van der Waals surface area contributed by atoms with Crippen LogP contribution >= 0.6 is 11.6 Å². The van der Waals surface area contributed by atoms with Gasteiger partial charge in [-0.3, -0.25) is 9.69 Å². The maximum Gasteiger partial charge on any atom is 0.407 e. The molecule has 3 aliphatic heterocycles. The standard InChI is InChI=1S/C50H52ClN11O7/c1-4-31-22-38(43(64)24-42(31)63)47-56-57-49(66)62(47)33-14-12-30(13-15-33)25-53-50(67)69-36-23-35(58(3)27-36)29-68-48-54-40-28-59(41-11-7-9-32-8-6-10-39(51)45(32)41)19-17-37(40)46(55-48)60-20-21-61(44(65)5-2)34(26-60)16-18-52/h5-15,22,24,34-36,63-64H,2,4,16-17,19-21,23,25-29H2,1,3H3,(H,53,67)(H,57,66). The fourth-order valence-corrected chi connectivity index (χ4v) is 9.86. The Morgan fingerprint density at radius 2 is 1.77 bits per heavy atom. The van der Waals surface area contributed by atoms with E-state index in [1.165, 1.54) is 16.7 Å². The number of carbonyl (C=O) groups excluding carboxylic acids is 2. The van der Waals surface area contributed by atoms with Crippen molar-refractivity contribution in [2.75, 3.05) is 56.2 Å². The number of alkyl carbamates (subject to hydrolysis) is 1. The number of phenolic OH excluding ortho intramolecular Hbond substituents is 2. The minimum atomic E-state index is -0.573. The van der Waals surface area contributed by atoms with Crippen molar-refractivity contribution >= 4 is 45.9 Å². The Morgan fingerprint density at radius 3 is 2.54 bits per heavy atom. The largest absolute Gasteiger partial charge is 0.508 e. The number of nitrogens with zero attached hydrogens (tertiary/aromatic N) is 10. The molecule has 2 aromatic heterocycles. The highest BCUT2D eigenvalue weighted by atomic mass is 35.5. The lowest BCUT2D eigenvalue weighted by atomic mass is 10.0. The summed E-state index contributed by atoms with van der Waals surface area (Å²) in [5.74, 6) is 0.461. The molecule has 0 saturated carbocycles. The van der Waals surface area contributed by atoms with Crippen LogP contribution in [0.3, 0.4) is 0 Å². The summed E-state index contributed by atoms with van der Waals surface area (Å²) < 4.78 is 13.7. The van der Waals surface area contributed by atoms with Crippen molar-refractivity contribution in [1.82, 2.24) is 39.8 Å². The molecule has 0 aliphatic carbocycles. The smallest absolute Gasteiger partial charge is 0.407 e. The lowest BCUT2D eigenvalue weighted by molar-refractivity contribution is -0.128. The number of amides is 2. The summed E-state index contributed by atoms with van der Waals surface area (Å²) in [6.45, 7) is 8.96. The van der Waals surface area contributed by atoms with Crippen LogP contribution in [0.2, 0.25) is 5.02 Å². The third-order valence-corrected chi connectivity index (χ3v) is 13.5. The van der Waals surface area contributed by atoms with Crippen LogP contribution in [0.15, 0.2) is 85.5 Å². The minimum Gasteiger partial charge on any atom is -0.508 e. The molecule has 3 atom stereocenters. The van der Waals surface area contributed by atoms with Gasteiger partial charge >= 0.3 is 18.1 Å². The fraction of sp³-hybridized carbons (Fsp3) is 0.340. The number of piperazine rings is 1. The Bertz CT molecular complexity index is 2960. The highest BCUT2D eigenvalue weighted by molar-refractivity contribution is 6.36. The van der Waals surface area contributed by atoms with Crippen LogP contribution in [-0.2, 0) is 35.5 Å². The van der Waals surface area contributed by atoms with Crippen LogP contribution in [-0.4, -0.2) is 126 Å². The summed E-state index contributed by atoms with van der Waals surface area (Å²) in [6.07, 6.45) is 2.16. The van der Waals surface area contributed by atoms with Gasteiger partial charge in [0, 0.05) is 74.4 Å². The normalized spacial score (nSPS) is 18.2. The number of aromatic nitrogens is 5. The SMILES string of the molecule is C=CC(=O)N1CCN(c2nc(OCC3CC(OC(=O)NCc4ccc(-n5c(O)nnc5-c5cc(CC)c(O)cc5O)cc4)CN3C)nc3c2CCN(c2cccc4cccc(Cl)c24)C3)CC1CC#N. The van der Waals surface area contributed by atoms with E-state index in [0.717, 1.165) is 39.1 Å². The molecule has 4 aromatic carbocycles. The summed E-state index contributed by atoms with van der Waals surface area (Å²) in [7, 11) is 1.95. The van der Waals surface area contributed by atoms with Crippen LogP contribution in [0.5, 0.6) is 23.5 Å². The molecule has 18 nitrogen and oxygen atoms in total. The first kappa shape index (κ1) is 46.5. The number of aryl methyl sites for hydroxylation is 1. The molecule has 356 valence electrons. The number of aromatic hydroxyl groups is 3. The van der Waals surface area contributed by atoms with Gasteiger partial charge in [-0.1, -0.05) is 66.6 Å². The second-order valence-electron chi connectivity index (χ2n) is 17.4. The molecule has 2 fully saturated rings. The fourth-order valence-electron chi connectivity index (χ4n) is 9.58. The molecule has 6 aromatic rings. The Labute approximate surface area is 403 Å². The number of likely N-dealkylation sites (tertiary alicyclic amines) is 1. The number of hydrogen-bond donors (Lipinski definition) is 4. The topological polar surface area (TPSA) is 219 Å². The van der Waals surface area contributed by atoms with E-state index in [9.17, 15) is 30.2 Å². The highest BCUT2D eigenvalue weighted by Crippen LogP contribution is 2.39. The van der Waals surface area contributed by atoms with Gasteiger partial charge in [0.2, 0.25) is 5.91 Å². The van der Waals surface area contributed by atoms with Crippen molar-refractivity contribution in [2.24, 2.45) is 0 Å². The van der Waals surface area contributed by atoms with Gasteiger partial charge < -0.3 is 44.8 Å². The molecule has 0 bridgehead atoms. The van der Waals surface area contributed by atoms with Crippen LogP contribution < -0.4 is 19.9 Å². The number of hydrogen-bond acceptors (Lipinski definition) is 15. The molecule has 2 amide bonds. The first-order valence-corrected chi connectivity index (χ1v) is 23.2. The Balaban J connectivity index is 0.857. The van der Waals surface area contributed by atoms with Crippen molar-refractivity contribution in [2.45, 2.75) is 63.9 Å². The first-order chi connectivity index (χ1) is 33.4. The summed E-state index contributed by atoms with van der Waals surface area (Å²) in [6, 6.07) is 23.5. The molecular weight excluding hydrogens is 902 g/mol. The van der Waals surface area contributed by atoms with Gasteiger partial charge in [0.1, 0.15) is 30.0 Å². The number of fused-ring (bicyclic) bond motifs is 2. The third-order valence-electron chi connectivity index (χ3n) is 13.2. The molecule has 0 spiro atoms. The van der Waals surface area contributed by atoms with E-state index in [4.69, 9.17) is 31.0 Å². The number of anilines is 2. The van der Waals surface area contributed by atoms with Gasteiger partial charge in [0.15, 0.2) is 5.82 Å². The summed E-state index contributed by atoms with van der Waals surface area (Å²) in [5.41, 5.74) is 5.01. The Kier molecular flexibility index (Phi) is 13.4. The Morgan fingerprint density at radius 1 is 0.971 bits per heavy atom. The molecule has 3 unspecified atom stereocenters. The number of phenols is 2. The van der Waals surface area contributed by atoms with Crippen molar-refractivity contribution in [1.29, 1.82) is 5.26 Å². The molecule has 0 radical (unpaired) electrons. The number of benzene rings is 4. The van der Waals surface area contributed by atoms with Crippen LogP contribution in [0.4, 0.5) is 16.3 Å². The summed E-state index contributed by atoms with van der Waals surface area (Å²) in [4.78, 5) is 44.1. The van der Waals surface area contributed by atoms with E-state index in [2.05, 4.69) is 61.1 Å². The van der Waals surface area contributed by atoms with E-state index in [1.54, 1.807) is 35.2 Å². The molecule has 5 heterocycles. The van der Waals surface area contributed by atoms with Crippen molar-refractivity contribution in [3.63, 3.8) is 0 Å². The zero-order valence-corrected chi connectivity index (χ0v) is 39.0. The van der Waals surface area contributed by atoms with E-state index in [1.807, 2.05) is 32.2 Å². The van der Waals surface area contributed by atoms with E-state index < -0.39 is 12.2 Å². The molecule has 2 saturated heterocycles. The molecule has 9 rings (SSSR count). The molecule has 19 heteroatoms. The van der Waals surface area contributed by atoms with Crippen LogP contribution in [0.25, 0.3) is 27.8 Å². The number of nitriles is 1. The number of ether oxygens (including phenoxy) is 2. The second kappa shape index (κ2) is 19.9. The van der Waals surface area contributed by atoms with E-state index in [0.29, 0.717) is 80.4 Å². The molecular formula is C50H52ClN11O7. The quantitative estimate of drug-likeness (QED) is 0.0939. The number of carbonyl (C=O) groups is 2. The number of rotatable bonds is 13. The minimum absolute atomic E-state index is 0.0403. The van der Waals surface area contributed by atoms with Crippen LogP contribution in [0.1, 0.15) is 42.1 Å². The molecule has 3 aliphatic rings.